The molecule has 2 aliphatic heterocycles. The van der Waals surface area contributed by atoms with Crippen LogP contribution >= 0.6 is 0 Å². The van der Waals surface area contributed by atoms with Crippen LogP contribution in [0.5, 0.6) is 11.6 Å². The Hall–Kier alpha value is -4.57. The number of hydrogen-bond acceptors (Lipinski definition) is 8. The number of amides is 1. The van der Waals surface area contributed by atoms with Crippen molar-refractivity contribution in [3.8, 4) is 11.6 Å². The van der Waals surface area contributed by atoms with Crippen LogP contribution in [0, 0.1) is 0 Å². The van der Waals surface area contributed by atoms with Crippen molar-refractivity contribution in [1.82, 2.24) is 19.9 Å². The molecule has 4 aromatic rings. The van der Waals surface area contributed by atoms with Crippen LogP contribution in [0.4, 0.5) is 28.7 Å². The summed E-state index contributed by atoms with van der Waals surface area (Å²) < 4.78 is 6.37. The van der Waals surface area contributed by atoms with E-state index in [1.807, 2.05) is 18.3 Å². The molecule has 40 heavy (non-hydrogen) atoms. The summed E-state index contributed by atoms with van der Waals surface area (Å²) in [6.07, 6.45) is 5.52. The topological polar surface area (TPSA) is 102 Å². The lowest BCUT2D eigenvalue weighted by atomic mass is 10.2. The maximum Gasteiger partial charge on any atom is 0.247 e. The van der Waals surface area contributed by atoms with Crippen molar-refractivity contribution in [3.05, 3.63) is 67.4 Å². The number of aromatic nitrogens is 3. The normalized spacial score (nSPS) is 15.8. The number of carbonyl (C=O) groups is 1. The van der Waals surface area contributed by atoms with E-state index < -0.39 is 0 Å². The quantitative estimate of drug-likeness (QED) is 0.270. The number of carbonyl (C=O) groups excluding carboxylic acids is 1. The van der Waals surface area contributed by atoms with Gasteiger partial charge >= 0.3 is 0 Å². The van der Waals surface area contributed by atoms with Gasteiger partial charge in [0, 0.05) is 68.6 Å². The lowest BCUT2D eigenvalue weighted by Gasteiger charge is -2.34. The van der Waals surface area contributed by atoms with Gasteiger partial charge in [-0.05, 0) is 62.4 Å². The number of rotatable bonds is 8. The first-order chi connectivity index (χ1) is 19.6. The molecule has 206 valence electrons. The minimum atomic E-state index is -0.284. The molecule has 3 N–H and O–H groups in total. The molecule has 2 saturated heterocycles. The summed E-state index contributed by atoms with van der Waals surface area (Å²) in [5, 5.41) is 6.96. The van der Waals surface area contributed by atoms with Gasteiger partial charge in [0.2, 0.25) is 17.7 Å². The second kappa shape index (κ2) is 11.3. The number of likely N-dealkylation sites (N-methyl/N-ethyl adjacent to an activating group) is 1. The molecular weight excluding hydrogens is 504 g/mol. The Balaban J connectivity index is 1.29. The number of benzene rings is 2. The zero-order valence-corrected chi connectivity index (χ0v) is 22.7. The Kier molecular flexibility index (Phi) is 7.24. The monoisotopic (exact) mass is 538 g/mol. The Morgan fingerprint density at radius 2 is 1.75 bits per heavy atom. The lowest BCUT2D eigenvalue weighted by molar-refractivity contribution is -0.111. The molecule has 0 radical (unpaired) electrons. The van der Waals surface area contributed by atoms with Crippen molar-refractivity contribution in [2.75, 3.05) is 66.7 Å². The van der Waals surface area contributed by atoms with Crippen LogP contribution in [0.2, 0.25) is 0 Å². The van der Waals surface area contributed by atoms with Gasteiger partial charge in [0.1, 0.15) is 16.8 Å². The average molecular weight is 539 g/mol. The van der Waals surface area contributed by atoms with Gasteiger partial charge in [-0.2, -0.15) is 9.97 Å². The summed E-state index contributed by atoms with van der Waals surface area (Å²) in [7, 11) is 2.16. The number of aromatic amines is 1. The summed E-state index contributed by atoms with van der Waals surface area (Å²) >= 11 is 0. The Morgan fingerprint density at radius 1 is 0.975 bits per heavy atom. The molecule has 0 unspecified atom stereocenters. The molecule has 4 heterocycles. The number of piperazine rings is 1. The SMILES string of the molecule is C=CC(=O)Nc1cccc(Oc2nc(Nc3ccc(N4CCN(C)CC4)cc3)nc3[nH]cc(N4CCCC4)c23)c1. The van der Waals surface area contributed by atoms with Crippen LogP contribution in [-0.2, 0) is 4.79 Å². The van der Waals surface area contributed by atoms with Gasteiger partial charge in [-0.1, -0.05) is 12.6 Å². The molecule has 0 saturated carbocycles. The van der Waals surface area contributed by atoms with Crippen molar-refractivity contribution in [3.63, 3.8) is 0 Å². The fraction of sp³-hybridized carbons (Fsp3) is 0.300. The molecule has 10 heteroatoms. The number of H-pyrrole nitrogens is 1. The van der Waals surface area contributed by atoms with Crippen LogP contribution in [0.15, 0.2) is 67.4 Å². The van der Waals surface area contributed by atoms with Gasteiger partial charge in [0.15, 0.2) is 0 Å². The van der Waals surface area contributed by atoms with E-state index in [0.717, 1.165) is 68.9 Å². The Labute approximate surface area is 233 Å². The van der Waals surface area contributed by atoms with Crippen LogP contribution in [0.25, 0.3) is 11.0 Å². The molecule has 2 aromatic carbocycles. The third-order valence-corrected chi connectivity index (χ3v) is 7.42. The van der Waals surface area contributed by atoms with Crippen LogP contribution in [0.1, 0.15) is 12.8 Å². The van der Waals surface area contributed by atoms with E-state index in [0.29, 0.717) is 28.9 Å². The molecule has 2 aromatic heterocycles. The standard InChI is InChI=1S/C30H34N8O2/c1-3-26(39)32-22-7-6-8-24(19-22)40-29-27-25(38-13-4-5-14-38)20-31-28(27)34-30(35-29)33-21-9-11-23(12-10-21)37-17-15-36(2)16-18-37/h3,6-12,19-20H,1,4-5,13-18H2,2H3,(H,32,39)(H2,31,33,34,35). The van der Waals surface area contributed by atoms with E-state index in [2.05, 4.69) is 68.2 Å². The summed E-state index contributed by atoms with van der Waals surface area (Å²) in [4.78, 5) is 31.8. The molecule has 1 amide bonds. The highest BCUT2D eigenvalue weighted by atomic mass is 16.5. The van der Waals surface area contributed by atoms with Crippen molar-refractivity contribution >= 4 is 45.6 Å². The maximum absolute atomic E-state index is 11.8. The molecule has 2 aliphatic rings. The number of nitrogens with one attached hydrogen (secondary N) is 3. The molecule has 0 spiro atoms. The number of fused-ring (bicyclic) bond motifs is 1. The number of ether oxygens (including phenoxy) is 1. The highest BCUT2D eigenvalue weighted by Gasteiger charge is 2.22. The largest absolute Gasteiger partial charge is 0.438 e. The molecule has 6 rings (SSSR count). The van der Waals surface area contributed by atoms with Gasteiger partial charge in [0.05, 0.1) is 5.69 Å². The van der Waals surface area contributed by atoms with Crippen molar-refractivity contribution in [2.45, 2.75) is 12.8 Å². The predicted octanol–water partition coefficient (Wildman–Crippen LogP) is 4.97. The zero-order chi connectivity index (χ0) is 27.5. The highest BCUT2D eigenvalue weighted by Crippen LogP contribution is 2.38. The summed E-state index contributed by atoms with van der Waals surface area (Å²) in [5.41, 5.74) is 4.44. The second-order valence-electron chi connectivity index (χ2n) is 10.2. The highest BCUT2D eigenvalue weighted by molar-refractivity contribution is 5.99. The molecule has 0 atom stereocenters. The minimum absolute atomic E-state index is 0.284. The molecule has 10 nitrogen and oxygen atoms in total. The third-order valence-electron chi connectivity index (χ3n) is 7.42. The van der Waals surface area contributed by atoms with Crippen LogP contribution in [0.3, 0.4) is 0 Å². The fourth-order valence-electron chi connectivity index (χ4n) is 5.21. The summed E-state index contributed by atoms with van der Waals surface area (Å²) in [5.74, 6) is 1.14. The van der Waals surface area contributed by atoms with Crippen molar-refractivity contribution < 1.29 is 9.53 Å². The third kappa shape index (κ3) is 5.57. The molecule has 0 aliphatic carbocycles. The predicted molar refractivity (Wildman–Crippen MR) is 160 cm³/mol. The van der Waals surface area contributed by atoms with E-state index in [1.165, 1.54) is 11.8 Å². The Bertz CT molecular complexity index is 1500. The first-order valence-electron chi connectivity index (χ1n) is 13.7. The minimum Gasteiger partial charge on any atom is -0.438 e. The first kappa shape index (κ1) is 25.7. The lowest BCUT2D eigenvalue weighted by Crippen LogP contribution is -2.44. The van der Waals surface area contributed by atoms with Crippen molar-refractivity contribution in [2.24, 2.45) is 0 Å². The van der Waals surface area contributed by atoms with Crippen LogP contribution in [-0.4, -0.2) is 72.1 Å². The van der Waals surface area contributed by atoms with Gasteiger partial charge in [0.25, 0.3) is 0 Å². The van der Waals surface area contributed by atoms with Gasteiger partial charge in [-0.3, -0.25) is 4.79 Å². The fourth-order valence-corrected chi connectivity index (χ4v) is 5.21. The number of hydrogen-bond donors (Lipinski definition) is 3. The van der Waals surface area contributed by atoms with E-state index in [9.17, 15) is 4.79 Å². The smallest absolute Gasteiger partial charge is 0.247 e. The summed E-state index contributed by atoms with van der Waals surface area (Å²) in [6.45, 7) is 9.66. The van der Waals surface area contributed by atoms with Crippen molar-refractivity contribution in [1.29, 1.82) is 0 Å². The van der Waals surface area contributed by atoms with E-state index in [1.54, 1.807) is 12.1 Å². The summed E-state index contributed by atoms with van der Waals surface area (Å²) in [6, 6.07) is 15.6. The van der Waals surface area contributed by atoms with E-state index in [4.69, 9.17) is 14.7 Å². The zero-order valence-electron chi connectivity index (χ0n) is 22.7. The molecule has 2 fully saturated rings. The second-order valence-corrected chi connectivity index (χ2v) is 10.2. The van der Waals surface area contributed by atoms with E-state index in [-0.39, 0.29) is 5.91 Å². The van der Waals surface area contributed by atoms with Gasteiger partial charge < -0.3 is 35.1 Å². The number of anilines is 5. The average Bonchev–Trinajstić information content (AvgIpc) is 3.65. The van der Waals surface area contributed by atoms with Gasteiger partial charge in [-0.15, -0.1) is 0 Å². The van der Waals surface area contributed by atoms with Crippen LogP contribution < -0.4 is 25.2 Å². The number of nitrogens with zero attached hydrogens (tertiary/aromatic N) is 5. The maximum atomic E-state index is 11.8. The van der Waals surface area contributed by atoms with Gasteiger partial charge in [-0.25, -0.2) is 0 Å². The van der Waals surface area contributed by atoms with E-state index >= 15 is 0 Å². The first-order valence-corrected chi connectivity index (χ1v) is 13.7. The molecular formula is C30H34N8O2. The Morgan fingerprint density at radius 3 is 2.50 bits per heavy atom. The molecule has 0 bridgehead atoms.